The number of nitrogens with zero attached hydrogens (tertiary/aromatic N) is 1. The third-order valence-corrected chi connectivity index (χ3v) is 6.32. The molecule has 39 heavy (non-hydrogen) atoms. The highest BCUT2D eigenvalue weighted by molar-refractivity contribution is 6.08. The fraction of sp³-hybridized carbons (Fsp3) is 0.300. The maximum absolute atomic E-state index is 13.3. The van der Waals surface area contributed by atoms with Gasteiger partial charge in [0.05, 0.1) is 18.4 Å². The first kappa shape index (κ1) is 29.2. The van der Waals surface area contributed by atoms with Crippen LogP contribution in [0.2, 0.25) is 0 Å². The summed E-state index contributed by atoms with van der Waals surface area (Å²) in [5.41, 5.74) is 5.61. The third-order valence-electron chi connectivity index (χ3n) is 6.32. The molecular formula is C30H36N4O5. The van der Waals surface area contributed by atoms with Crippen molar-refractivity contribution in [2.45, 2.75) is 33.2 Å². The van der Waals surface area contributed by atoms with Crippen molar-refractivity contribution >= 4 is 29.3 Å². The number of methoxy groups -OCH3 is 1. The Hall–Kier alpha value is -4.37. The van der Waals surface area contributed by atoms with Gasteiger partial charge in [-0.25, -0.2) is 9.59 Å². The lowest BCUT2D eigenvalue weighted by atomic mass is 10.0. The molecule has 0 spiro atoms. The van der Waals surface area contributed by atoms with Crippen molar-refractivity contribution in [3.8, 4) is 16.9 Å². The molecule has 0 aliphatic carbocycles. The number of anilines is 2. The average Bonchev–Trinajstić information content (AvgIpc) is 2.88. The summed E-state index contributed by atoms with van der Waals surface area (Å²) in [7, 11) is 5.25. The molecule has 0 saturated carbocycles. The third kappa shape index (κ3) is 7.81. The number of benzene rings is 3. The Morgan fingerprint density at radius 1 is 0.897 bits per heavy atom. The molecule has 0 fully saturated rings. The van der Waals surface area contributed by atoms with E-state index in [0.29, 0.717) is 18.0 Å². The van der Waals surface area contributed by atoms with Crippen molar-refractivity contribution in [2.24, 2.45) is 0 Å². The molecule has 0 aromatic heterocycles. The Morgan fingerprint density at radius 3 is 2.08 bits per heavy atom. The van der Waals surface area contributed by atoms with Gasteiger partial charge in [0.2, 0.25) is 0 Å². The molecule has 0 aliphatic rings. The minimum Gasteiger partial charge on any atom is -0.497 e. The standard InChI is InChI=1S/C30H36N4O5/c1-18-15-19(2)27(20(3)16-18)33-30(38)32-26-17-22(21-7-10-23(39-6)11-8-21)9-12-24(26)28(35)31-25(29(36)37)13-14-34(4)5/h7-12,15-17,25H,13-14H2,1-6H3,(H,31,35)(H,36,37)(H2,32,33,38)/t25-/m0/s1. The van der Waals surface area contributed by atoms with Gasteiger partial charge in [-0.1, -0.05) is 35.9 Å². The number of amides is 3. The Labute approximate surface area is 229 Å². The molecule has 9 heteroatoms. The predicted octanol–water partition coefficient (Wildman–Crippen LogP) is 5.07. The molecule has 3 aromatic carbocycles. The van der Waals surface area contributed by atoms with Gasteiger partial charge < -0.3 is 30.7 Å². The second-order valence-corrected chi connectivity index (χ2v) is 9.80. The van der Waals surface area contributed by atoms with Gasteiger partial charge in [0.25, 0.3) is 5.91 Å². The number of aliphatic carboxylic acids is 1. The fourth-order valence-electron chi connectivity index (χ4n) is 4.33. The van der Waals surface area contributed by atoms with Gasteiger partial charge in [-0.2, -0.15) is 0 Å². The highest BCUT2D eigenvalue weighted by atomic mass is 16.5. The van der Waals surface area contributed by atoms with Crippen LogP contribution in [0.3, 0.4) is 0 Å². The van der Waals surface area contributed by atoms with Crippen LogP contribution < -0.4 is 20.7 Å². The molecule has 0 unspecified atom stereocenters. The Kier molecular flexibility index (Phi) is 9.68. The van der Waals surface area contributed by atoms with Gasteiger partial charge in [0.15, 0.2) is 0 Å². The second kappa shape index (κ2) is 12.9. The first-order valence-corrected chi connectivity index (χ1v) is 12.6. The number of rotatable bonds is 10. The number of aryl methyl sites for hydroxylation is 3. The topological polar surface area (TPSA) is 120 Å². The minimum absolute atomic E-state index is 0.149. The Morgan fingerprint density at radius 2 is 1.51 bits per heavy atom. The highest BCUT2D eigenvalue weighted by Crippen LogP contribution is 2.28. The molecule has 0 heterocycles. The van der Waals surface area contributed by atoms with E-state index in [1.54, 1.807) is 25.3 Å². The van der Waals surface area contributed by atoms with Gasteiger partial charge in [-0.15, -0.1) is 0 Å². The maximum atomic E-state index is 13.3. The lowest BCUT2D eigenvalue weighted by molar-refractivity contribution is -0.139. The summed E-state index contributed by atoms with van der Waals surface area (Å²) in [6.07, 6.45) is 0.229. The molecule has 3 amide bonds. The largest absolute Gasteiger partial charge is 0.497 e. The van der Waals surface area contributed by atoms with Crippen molar-refractivity contribution in [1.29, 1.82) is 0 Å². The van der Waals surface area contributed by atoms with Crippen LogP contribution in [0.25, 0.3) is 11.1 Å². The van der Waals surface area contributed by atoms with Crippen LogP contribution in [0.4, 0.5) is 16.2 Å². The van der Waals surface area contributed by atoms with E-state index in [9.17, 15) is 19.5 Å². The molecule has 0 radical (unpaired) electrons. The first-order chi connectivity index (χ1) is 18.5. The Bertz CT molecular complexity index is 1330. The van der Waals surface area contributed by atoms with Gasteiger partial charge in [0.1, 0.15) is 11.8 Å². The molecule has 0 bridgehead atoms. The van der Waals surface area contributed by atoms with E-state index in [-0.39, 0.29) is 17.7 Å². The number of urea groups is 1. The molecule has 3 rings (SSSR count). The van der Waals surface area contributed by atoms with Crippen molar-refractivity contribution in [1.82, 2.24) is 10.2 Å². The number of carbonyl (C=O) groups excluding carboxylic acids is 2. The minimum atomic E-state index is -1.13. The number of carboxylic acid groups (broad SMARTS) is 1. The van der Waals surface area contributed by atoms with E-state index in [1.807, 2.05) is 76.2 Å². The predicted molar refractivity (Wildman–Crippen MR) is 154 cm³/mol. The van der Waals surface area contributed by atoms with Crippen LogP contribution >= 0.6 is 0 Å². The van der Waals surface area contributed by atoms with Crippen LogP contribution in [-0.2, 0) is 4.79 Å². The van der Waals surface area contributed by atoms with Crippen LogP contribution in [-0.4, -0.2) is 61.7 Å². The fourth-order valence-corrected chi connectivity index (χ4v) is 4.33. The van der Waals surface area contributed by atoms with Gasteiger partial charge in [-0.05, 0) is 87.8 Å². The van der Waals surface area contributed by atoms with E-state index < -0.39 is 23.9 Å². The highest BCUT2D eigenvalue weighted by Gasteiger charge is 2.23. The molecule has 0 saturated heterocycles. The SMILES string of the molecule is COc1ccc(-c2ccc(C(=O)N[C@@H](CCN(C)C)C(=O)O)c(NC(=O)Nc3c(C)cc(C)cc3C)c2)cc1. The number of ether oxygens (including phenoxy) is 1. The zero-order valence-corrected chi connectivity index (χ0v) is 23.2. The molecular weight excluding hydrogens is 496 g/mol. The molecule has 0 aliphatic heterocycles. The summed E-state index contributed by atoms with van der Waals surface area (Å²) in [5, 5.41) is 17.9. The average molecular weight is 533 g/mol. The molecule has 206 valence electrons. The van der Waals surface area contributed by atoms with Crippen molar-refractivity contribution < 1.29 is 24.2 Å². The monoisotopic (exact) mass is 532 g/mol. The zero-order valence-electron chi connectivity index (χ0n) is 23.2. The Balaban J connectivity index is 1.94. The number of carbonyl (C=O) groups is 3. The van der Waals surface area contributed by atoms with Gasteiger partial charge in [0, 0.05) is 12.2 Å². The number of carboxylic acids is 1. The normalized spacial score (nSPS) is 11.6. The van der Waals surface area contributed by atoms with Crippen molar-refractivity contribution in [3.05, 3.63) is 76.9 Å². The van der Waals surface area contributed by atoms with Crippen LogP contribution in [0, 0.1) is 20.8 Å². The van der Waals surface area contributed by atoms with Crippen molar-refractivity contribution in [3.63, 3.8) is 0 Å². The smallest absolute Gasteiger partial charge is 0.326 e. The summed E-state index contributed by atoms with van der Waals surface area (Å²) >= 11 is 0. The van der Waals surface area contributed by atoms with E-state index in [4.69, 9.17) is 4.74 Å². The van der Waals surface area contributed by atoms with Crippen molar-refractivity contribution in [2.75, 3.05) is 38.4 Å². The quantitative estimate of drug-likeness (QED) is 0.290. The van der Waals surface area contributed by atoms with Crippen LogP contribution in [0.15, 0.2) is 54.6 Å². The molecule has 1 atom stereocenters. The lowest BCUT2D eigenvalue weighted by Gasteiger charge is -2.19. The van der Waals surface area contributed by atoms with Crippen LogP contribution in [0.5, 0.6) is 5.75 Å². The molecule has 3 aromatic rings. The van der Waals surface area contributed by atoms with E-state index in [1.165, 1.54) is 0 Å². The van der Waals surface area contributed by atoms with E-state index in [0.717, 1.165) is 27.8 Å². The summed E-state index contributed by atoms with van der Waals surface area (Å²) in [6.45, 7) is 6.30. The first-order valence-electron chi connectivity index (χ1n) is 12.6. The van der Waals surface area contributed by atoms with Crippen LogP contribution in [0.1, 0.15) is 33.5 Å². The molecule has 4 N–H and O–H groups in total. The van der Waals surface area contributed by atoms with Gasteiger partial charge >= 0.3 is 12.0 Å². The zero-order chi connectivity index (χ0) is 28.7. The second-order valence-electron chi connectivity index (χ2n) is 9.80. The molecule has 9 nitrogen and oxygen atoms in total. The van der Waals surface area contributed by atoms with E-state index in [2.05, 4.69) is 16.0 Å². The van der Waals surface area contributed by atoms with E-state index >= 15 is 0 Å². The summed E-state index contributed by atoms with van der Waals surface area (Å²) in [6, 6.07) is 14.8. The van der Waals surface area contributed by atoms with Gasteiger partial charge in [-0.3, -0.25) is 4.79 Å². The maximum Gasteiger partial charge on any atom is 0.326 e. The summed E-state index contributed by atoms with van der Waals surface area (Å²) < 4.78 is 5.24. The number of hydrogen-bond acceptors (Lipinski definition) is 5. The lowest BCUT2D eigenvalue weighted by Crippen LogP contribution is -2.42. The summed E-state index contributed by atoms with van der Waals surface area (Å²) in [4.78, 5) is 40.0. The summed E-state index contributed by atoms with van der Waals surface area (Å²) in [5.74, 6) is -1.02. The number of hydrogen-bond donors (Lipinski definition) is 4. The number of nitrogens with one attached hydrogen (secondary N) is 3.